The Kier molecular flexibility index (Phi) is 3.53. The molecule has 0 aromatic carbocycles. The largest absolute Gasteiger partial charge is 0.481 e. The van der Waals surface area contributed by atoms with Gasteiger partial charge in [-0.1, -0.05) is 13.8 Å². The van der Waals surface area contributed by atoms with Gasteiger partial charge in [-0.25, -0.2) is 0 Å². The van der Waals surface area contributed by atoms with Gasteiger partial charge in [0.2, 0.25) is 0 Å². The van der Waals surface area contributed by atoms with Crippen LogP contribution in [-0.2, 0) is 4.79 Å². The molecule has 0 amide bonds. The van der Waals surface area contributed by atoms with Crippen LogP contribution < -0.4 is 5.73 Å². The van der Waals surface area contributed by atoms with Crippen molar-refractivity contribution in [2.75, 3.05) is 6.54 Å². The van der Waals surface area contributed by atoms with Crippen LogP contribution in [0.3, 0.4) is 0 Å². The SMILES string of the molecule is CC(C)C1CCC(CN)(CC(=O)O)C1. The summed E-state index contributed by atoms with van der Waals surface area (Å²) in [7, 11) is 0. The summed E-state index contributed by atoms with van der Waals surface area (Å²) < 4.78 is 0. The molecule has 3 nitrogen and oxygen atoms in total. The number of carbonyl (C=O) groups is 1. The van der Waals surface area contributed by atoms with Crippen LogP contribution in [0.5, 0.6) is 0 Å². The van der Waals surface area contributed by atoms with Gasteiger partial charge < -0.3 is 10.8 Å². The van der Waals surface area contributed by atoms with Crippen molar-refractivity contribution in [3.63, 3.8) is 0 Å². The van der Waals surface area contributed by atoms with Crippen molar-refractivity contribution < 1.29 is 9.90 Å². The molecule has 3 heteroatoms. The molecule has 0 saturated heterocycles. The second-order valence-electron chi connectivity index (χ2n) is 5.02. The number of carboxylic acid groups (broad SMARTS) is 1. The summed E-state index contributed by atoms with van der Waals surface area (Å²) in [4.78, 5) is 10.7. The van der Waals surface area contributed by atoms with Gasteiger partial charge in [-0.15, -0.1) is 0 Å². The Morgan fingerprint density at radius 2 is 2.29 bits per heavy atom. The minimum absolute atomic E-state index is 0.110. The molecular formula is C11H21NO2. The quantitative estimate of drug-likeness (QED) is 0.726. The summed E-state index contributed by atoms with van der Waals surface area (Å²) in [5.74, 6) is 0.606. The van der Waals surface area contributed by atoms with E-state index in [1.54, 1.807) is 0 Å². The normalized spacial score (nSPS) is 32.4. The maximum Gasteiger partial charge on any atom is 0.303 e. The summed E-state index contributed by atoms with van der Waals surface area (Å²) in [6, 6.07) is 0. The van der Waals surface area contributed by atoms with Crippen molar-refractivity contribution in [1.82, 2.24) is 0 Å². The second kappa shape index (κ2) is 4.30. The zero-order valence-electron chi connectivity index (χ0n) is 9.12. The molecular weight excluding hydrogens is 178 g/mol. The molecule has 82 valence electrons. The molecule has 2 atom stereocenters. The number of rotatable bonds is 4. The molecule has 1 aliphatic rings. The summed E-state index contributed by atoms with van der Waals surface area (Å²) in [6.07, 6.45) is 3.36. The number of nitrogens with two attached hydrogens (primary N) is 1. The Labute approximate surface area is 85.7 Å². The molecule has 1 aliphatic carbocycles. The van der Waals surface area contributed by atoms with E-state index < -0.39 is 5.97 Å². The fraction of sp³-hybridized carbons (Fsp3) is 0.909. The van der Waals surface area contributed by atoms with Crippen molar-refractivity contribution >= 4 is 5.97 Å². The van der Waals surface area contributed by atoms with Gasteiger partial charge in [0, 0.05) is 0 Å². The minimum atomic E-state index is -0.708. The van der Waals surface area contributed by atoms with Crippen LogP contribution in [0.4, 0.5) is 0 Å². The van der Waals surface area contributed by atoms with E-state index in [1.165, 1.54) is 0 Å². The second-order valence-corrected chi connectivity index (χ2v) is 5.02. The van der Waals surface area contributed by atoms with Gasteiger partial charge in [-0.05, 0) is 43.1 Å². The third kappa shape index (κ3) is 2.47. The van der Waals surface area contributed by atoms with Crippen molar-refractivity contribution in [3.8, 4) is 0 Å². The van der Waals surface area contributed by atoms with E-state index in [4.69, 9.17) is 10.8 Å². The fourth-order valence-corrected chi connectivity index (χ4v) is 2.56. The van der Waals surface area contributed by atoms with Crippen LogP contribution in [0.1, 0.15) is 39.5 Å². The van der Waals surface area contributed by atoms with Crippen molar-refractivity contribution in [1.29, 1.82) is 0 Å². The molecule has 1 rings (SSSR count). The molecule has 0 heterocycles. The lowest BCUT2D eigenvalue weighted by Gasteiger charge is -2.26. The van der Waals surface area contributed by atoms with Gasteiger partial charge in [0.05, 0.1) is 6.42 Å². The number of aliphatic carboxylic acids is 1. The van der Waals surface area contributed by atoms with Crippen LogP contribution in [0, 0.1) is 17.3 Å². The summed E-state index contributed by atoms with van der Waals surface area (Å²) in [5, 5.41) is 8.84. The summed E-state index contributed by atoms with van der Waals surface area (Å²) in [6.45, 7) is 4.93. The van der Waals surface area contributed by atoms with E-state index in [-0.39, 0.29) is 11.8 Å². The number of carboxylic acids is 1. The van der Waals surface area contributed by atoms with E-state index in [0.29, 0.717) is 18.4 Å². The van der Waals surface area contributed by atoms with Gasteiger partial charge >= 0.3 is 5.97 Å². The molecule has 3 N–H and O–H groups in total. The third-order valence-corrected chi connectivity index (χ3v) is 3.64. The van der Waals surface area contributed by atoms with E-state index in [1.807, 2.05) is 0 Å². The Balaban J connectivity index is 2.61. The van der Waals surface area contributed by atoms with Crippen LogP contribution in [0.2, 0.25) is 0 Å². The molecule has 2 unspecified atom stereocenters. The standard InChI is InChI=1S/C11H21NO2/c1-8(2)9-3-4-11(5-9,7-12)6-10(13)14/h8-9H,3-7,12H2,1-2H3,(H,13,14). The lowest BCUT2D eigenvalue weighted by atomic mass is 9.80. The molecule has 0 aromatic heterocycles. The first-order valence-corrected chi connectivity index (χ1v) is 5.41. The summed E-state index contributed by atoms with van der Waals surface area (Å²) >= 11 is 0. The summed E-state index contributed by atoms with van der Waals surface area (Å²) in [5.41, 5.74) is 5.61. The third-order valence-electron chi connectivity index (χ3n) is 3.64. The molecule has 0 spiro atoms. The van der Waals surface area contributed by atoms with Gasteiger partial charge in [-0.3, -0.25) is 4.79 Å². The van der Waals surface area contributed by atoms with E-state index in [2.05, 4.69) is 13.8 Å². The maximum atomic E-state index is 10.7. The first-order chi connectivity index (χ1) is 6.49. The van der Waals surface area contributed by atoms with E-state index >= 15 is 0 Å². The van der Waals surface area contributed by atoms with Crippen LogP contribution in [-0.4, -0.2) is 17.6 Å². The highest BCUT2D eigenvalue weighted by Crippen LogP contribution is 2.46. The minimum Gasteiger partial charge on any atom is -0.481 e. The predicted octanol–water partition coefficient (Wildman–Crippen LogP) is 1.86. The topological polar surface area (TPSA) is 63.3 Å². The fourth-order valence-electron chi connectivity index (χ4n) is 2.56. The average molecular weight is 199 g/mol. The number of hydrogen-bond acceptors (Lipinski definition) is 2. The molecule has 0 bridgehead atoms. The van der Waals surface area contributed by atoms with Crippen LogP contribution >= 0.6 is 0 Å². The highest BCUT2D eigenvalue weighted by atomic mass is 16.4. The van der Waals surface area contributed by atoms with Crippen molar-refractivity contribution in [3.05, 3.63) is 0 Å². The lowest BCUT2D eigenvalue weighted by Crippen LogP contribution is -2.30. The molecule has 0 radical (unpaired) electrons. The van der Waals surface area contributed by atoms with Crippen LogP contribution in [0.15, 0.2) is 0 Å². The van der Waals surface area contributed by atoms with Gasteiger partial charge in [-0.2, -0.15) is 0 Å². The highest BCUT2D eigenvalue weighted by Gasteiger charge is 2.40. The van der Waals surface area contributed by atoms with E-state index in [9.17, 15) is 4.79 Å². The van der Waals surface area contributed by atoms with Crippen molar-refractivity contribution in [2.24, 2.45) is 23.0 Å². The zero-order valence-corrected chi connectivity index (χ0v) is 9.12. The number of hydrogen-bond donors (Lipinski definition) is 2. The molecule has 0 aliphatic heterocycles. The first-order valence-electron chi connectivity index (χ1n) is 5.41. The molecule has 1 fully saturated rings. The van der Waals surface area contributed by atoms with Crippen molar-refractivity contribution in [2.45, 2.75) is 39.5 Å². The van der Waals surface area contributed by atoms with Gasteiger partial charge in [0.1, 0.15) is 0 Å². The zero-order chi connectivity index (χ0) is 10.8. The highest BCUT2D eigenvalue weighted by molar-refractivity contribution is 5.67. The lowest BCUT2D eigenvalue weighted by molar-refractivity contribution is -0.139. The smallest absolute Gasteiger partial charge is 0.303 e. The van der Waals surface area contributed by atoms with Gasteiger partial charge in [0.25, 0.3) is 0 Å². The monoisotopic (exact) mass is 199 g/mol. The Morgan fingerprint density at radius 3 is 2.64 bits per heavy atom. The predicted molar refractivity (Wildman–Crippen MR) is 55.9 cm³/mol. The average Bonchev–Trinajstić information content (AvgIpc) is 2.49. The maximum absolute atomic E-state index is 10.7. The molecule has 1 saturated carbocycles. The van der Waals surface area contributed by atoms with Gasteiger partial charge in [0.15, 0.2) is 0 Å². The Bertz CT molecular complexity index is 215. The molecule has 14 heavy (non-hydrogen) atoms. The Hall–Kier alpha value is -0.570. The van der Waals surface area contributed by atoms with E-state index in [0.717, 1.165) is 19.3 Å². The molecule has 0 aromatic rings. The first kappa shape index (κ1) is 11.5. The Morgan fingerprint density at radius 1 is 1.64 bits per heavy atom. The van der Waals surface area contributed by atoms with Crippen LogP contribution in [0.25, 0.3) is 0 Å².